The maximum absolute atomic E-state index is 12.9. The van der Waals surface area contributed by atoms with Crippen LogP contribution in [0.4, 0.5) is 0 Å². The molecule has 3 atom stereocenters. The summed E-state index contributed by atoms with van der Waals surface area (Å²) in [5, 5.41) is 0.848. The minimum Gasteiger partial charge on any atom is -0.330 e. The van der Waals surface area contributed by atoms with E-state index in [0.717, 1.165) is 43.8 Å². The molecule has 3 aliphatic rings. The summed E-state index contributed by atoms with van der Waals surface area (Å²) < 4.78 is 27.6. The molecule has 0 bridgehead atoms. The van der Waals surface area contributed by atoms with E-state index in [0.29, 0.717) is 25.4 Å². The quantitative estimate of drug-likeness (QED) is 0.847. The monoisotopic (exact) mass is 397 g/mol. The molecule has 2 fully saturated rings. The highest BCUT2D eigenvalue weighted by Gasteiger charge is 2.45. The van der Waals surface area contributed by atoms with Gasteiger partial charge in [-0.15, -0.1) is 0 Å². The largest absolute Gasteiger partial charge is 0.330 e. The molecule has 2 N–H and O–H groups in total. The van der Waals surface area contributed by atoms with Gasteiger partial charge in [0, 0.05) is 36.7 Å². The Labute approximate surface area is 161 Å². The molecule has 0 saturated carbocycles. The zero-order chi connectivity index (χ0) is 18.3. The highest BCUT2D eigenvalue weighted by Crippen LogP contribution is 2.44. The van der Waals surface area contributed by atoms with Crippen molar-refractivity contribution in [3.8, 4) is 0 Å². The first kappa shape index (κ1) is 18.7. The van der Waals surface area contributed by atoms with Crippen molar-refractivity contribution in [3.05, 3.63) is 34.3 Å². The Morgan fingerprint density at radius 2 is 2.12 bits per heavy atom. The predicted molar refractivity (Wildman–Crippen MR) is 105 cm³/mol. The molecule has 0 aliphatic carbocycles. The van der Waals surface area contributed by atoms with Gasteiger partial charge in [0.25, 0.3) is 0 Å². The Balaban J connectivity index is 1.62. The molecule has 0 aromatic heterocycles. The van der Waals surface area contributed by atoms with E-state index in [1.54, 1.807) is 0 Å². The topological polar surface area (TPSA) is 66.6 Å². The zero-order valence-corrected chi connectivity index (χ0v) is 16.7. The molecule has 0 radical (unpaired) electrons. The van der Waals surface area contributed by atoms with Crippen molar-refractivity contribution in [2.24, 2.45) is 11.7 Å². The number of hydrogen-bond acceptors (Lipinski definition) is 4. The molecule has 26 heavy (non-hydrogen) atoms. The van der Waals surface area contributed by atoms with E-state index >= 15 is 0 Å². The summed E-state index contributed by atoms with van der Waals surface area (Å²) in [6.45, 7) is 3.08. The van der Waals surface area contributed by atoms with Crippen LogP contribution in [0.25, 0.3) is 0 Å². The Morgan fingerprint density at radius 3 is 2.92 bits per heavy atom. The molecule has 5 nitrogen and oxygen atoms in total. The van der Waals surface area contributed by atoms with Crippen LogP contribution in [-0.2, 0) is 16.4 Å². The maximum atomic E-state index is 12.9. The van der Waals surface area contributed by atoms with Gasteiger partial charge in [-0.1, -0.05) is 23.7 Å². The van der Waals surface area contributed by atoms with Gasteiger partial charge in [-0.2, -0.15) is 4.31 Å². The molecule has 0 amide bonds. The van der Waals surface area contributed by atoms with Crippen LogP contribution in [0, 0.1) is 5.92 Å². The Hall–Kier alpha value is -0.660. The normalized spacial score (nSPS) is 29.7. The predicted octanol–water partition coefficient (Wildman–Crippen LogP) is 2.40. The second kappa shape index (κ2) is 7.40. The summed E-state index contributed by atoms with van der Waals surface area (Å²) in [5.41, 5.74) is 8.10. The molecule has 144 valence electrons. The number of halogens is 1. The fraction of sp³-hybridized carbons (Fsp3) is 0.684. The molecular formula is C19H28ClN3O2S. The van der Waals surface area contributed by atoms with E-state index < -0.39 is 10.0 Å². The second-order valence-corrected chi connectivity index (χ2v) is 10.3. The van der Waals surface area contributed by atoms with Gasteiger partial charge in [0.05, 0.1) is 5.75 Å². The lowest BCUT2D eigenvalue weighted by molar-refractivity contribution is 0.0220. The number of nitrogens with zero attached hydrogens (tertiary/aromatic N) is 2. The van der Waals surface area contributed by atoms with Crippen LogP contribution < -0.4 is 5.73 Å². The lowest BCUT2D eigenvalue weighted by atomic mass is 9.77. The molecular weight excluding hydrogens is 370 g/mol. The fourth-order valence-electron chi connectivity index (χ4n) is 5.14. The Morgan fingerprint density at radius 1 is 1.27 bits per heavy atom. The third-order valence-corrected chi connectivity index (χ3v) is 8.70. The van der Waals surface area contributed by atoms with Gasteiger partial charge in [0.1, 0.15) is 0 Å². The van der Waals surface area contributed by atoms with Gasteiger partial charge in [-0.05, 0) is 61.8 Å². The smallest absolute Gasteiger partial charge is 0.214 e. The molecule has 1 aromatic carbocycles. The lowest BCUT2D eigenvalue weighted by Crippen LogP contribution is -2.57. The molecule has 0 spiro atoms. The van der Waals surface area contributed by atoms with Gasteiger partial charge in [0.2, 0.25) is 10.0 Å². The minimum absolute atomic E-state index is 0.109. The Bertz CT molecular complexity index is 770. The van der Waals surface area contributed by atoms with E-state index in [9.17, 15) is 8.42 Å². The summed E-state index contributed by atoms with van der Waals surface area (Å²) >= 11 is 6.43. The van der Waals surface area contributed by atoms with Gasteiger partial charge >= 0.3 is 0 Å². The SMILES string of the molecule is NCCCS(=O)(=O)N1CCC[C@H]2CN3CCc4c(Cl)cccc4[C@@H]3C[C@H]21. The number of sulfonamides is 1. The average Bonchev–Trinajstić information content (AvgIpc) is 2.64. The number of benzene rings is 1. The van der Waals surface area contributed by atoms with Crippen molar-refractivity contribution < 1.29 is 8.42 Å². The van der Waals surface area contributed by atoms with Crippen molar-refractivity contribution >= 4 is 21.6 Å². The first-order valence-corrected chi connectivity index (χ1v) is 11.7. The fourth-order valence-corrected chi connectivity index (χ4v) is 7.26. The summed E-state index contributed by atoms with van der Waals surface area (Å²) in [4.78, 5) is 2.55. The molecule has 2 saturated heterocycles. The summed E-state index contributed by atoms with van der Waals surface area (Å²) in [7, 11) is -3.23. The average molecular weight is 398 g/mol. The van der Waals surface area contributed by atoms with Crippen molar-refractivity contribution in [2.45, 2.75) is 44.2 Å². The van der Waals surface area contributed by atoms with Gasteiger partial charge < -0.3 is 5.73 Å². The van der Waals surface area contributed by atoms with Crippen molar-refractivity contribution in [1.82, 2.24) is 9.21 Å². The molecule has 7 heteroatoms. The first-order valence-electron chi connectivity index (χ1n) is 9.72. The second-order valence-electron chi connectivity index (χ2n) is 7.84. The van der Waals surface area contributed by atoms with E-state index in [1.165, 1.54) is 11.1 Å². The molecule has 4 rings (SSSR count). The highest BCUT2D eigenvalue weighted by atomic mass is 35.5. The number of rotatable bonds is 4. The van der Waals surface area contributed by atoms with Gasteiger partial charge in [-0.25, -0.2) is 8.42 Å². The zero-order valence-electron chi connectivity index (χ0n) is 15.1. The van der Waals surface area contributed by atoms with Crippen LogP contribution in [0.1, 0.15) is 42.9 Å². The van der Waals surface area contributed by atoms with Crippen LogP contribution in [0.3, 0.4) is 0 Å². The first-order chi connectivity index (χ1) is 12.5. The van der Waals surface area contributed by atoms with E-state index in [-0.39, 0.29) is 17.8 Å². The third kappa shape index (κ3) is 3.31. The minimum atomic E-state index is -3.23. The van der Waals surface area contributed by atoms with Crippen LogP contribution >= 0.6 is 11.6 Å². The number of nitrogens with two attached hydrogens (primary N) is 1. The van der Waals surface area contributed by atoms with E-state index in [2.05, 4.69) is 11.0 Å². The lowest BCUT2D eigenvalue weighted by Gasteiger charge is -2.51. The molecule has 0 unspecified atom stereocenters. The highest BCUT2D eigenvalue weighted by molar-refractivity contribution is 7.89. The standard InChI is InChI=1S/C19H28ClN3O2S/c20-17-6-1-5-16-15(17)7-10-22-13-14-4-2-9-23(18(14)12-19(16)22)26(24,25)11-3-8-21/h1,5-6,14,18-19H,2-4,7-13,21H2/t14-,18+,19-/m0/s1. The van der Waals surface area contributed by atoms with Crippen LogP contribution in [0.15, 0.2) is 18.2 Å². The number of hydrogen-bond donors (Lipinski definition) is 1. The van der Waals surface area contributed by atoms with Gasteiger partial charge in [0.15, 0.2) is 0 Å². The van der Waals surface area contributed by atoms with E-state index in [4.69, 9.17) is 17.3 Å². The Kier molecular flexibility index (Phi) is 5.32. The number of fused-ring (bicyclic) bond motifs is 4. The van der Waals surface area contributed by atoms with Crippen molar-refractivity contribution in [3.63, 3.8) is 0 Å². The van der Waals surface area contributed by atoms with Crippen molar-refractivity contribution in [1.29, 1.82) is 0 Å². The maximum Gasteiger partial charge on any atom is 0.214 e. The summed E-state index contributed by atoms with van der Waals surface area (Å²) in [5.74, 6) is 0.608. The van der Waals surface area contributed by atoms with Crippen LogP contribution in [-0.4, -0.2) is 55.6 Å². The number of piperidine rings is 2. The molecule has 1 aromatic rings. The van der Waals surface area contributed by atoms with Crippen molar-refractivity contribution in [2.75, 3.05) is 31.9 Å². The summed E-state index contributed by atoms with van der Waals surface area (Å²) in [6, 6.07) is 6.55. The van der Waals surface area contributed by atoms with Crippen LogP contribution in [0.5, 0.6) is 0 Å². The molecule has 3 heterocycles. The van der Waals surface area contributed by atoms with Gasteiger partial charge in [-0.3, -0.25) is 4.90 Å². The van der Waals surface area contributed by atoms with Crippen LogP contribution in [0.2, 0.25) is 5.02 Å². The summed E-state index contributed by atoms with van der Waals surface area (Å²) in [6.07, 6.45) is 4.48. The third-order valence-electron chi connectivity index (χ3n) is 6.37. The van der Waals surface area contributed by atoms with E-state index in [1.807, 2.05) is 16.4 Å². The molecule has 3 aliphatic heterocycles.